The maximum atomic E-state index is 4.35. The van der Waals surface area contributed by atoms with Gasteiger partial charge in [0.25, 0.3) is 0 Å². The van der Waals surface area contributed by atoms with E-state index in [2.05, 4.69) is 48.0 Å². The third kappa shape index (κ3) is 3.74. The maximum absolute atomic E-state index is 4.35. The van der Waals surface area contributed by atoms with Gasteiger partial charge in [0.1, 0.15) is 12.1 Å². The second-order valence-electron chi connectivity index (χ2n) is 4.71. The molecule has 0 unspecified atom stereocenters. The number of nitrogens with zero attached hydrogens (tertiary/aromatic N) is 3. The molecule has 0 saturated heterocycles. The number of hydrogen-bond acceptors (Lipinski definition) is 4. The molecule has 1 aromatic heterocycles. The average Bonchev–Trinajstić information content (AvgIpc) is 2.56. The number of fused-ring (bicyclic) bond motifs is 1. The minimum Gasteiger partial charge on any atom is -0.340 e. The summed E-state index contributed by atoms with van der Waals surface area (Å²) in [7, 11) is 0. The molecule has 23 heavy (non-hydrogen) atoms. The van der Waals surface area contributed by atoms with Crippen LogP contribution in [0.2, 0.25) is 0 Å². The molecule has 3 aromatic rings. The normalized spacial score (nSPS) is 10.5. The fraction of sp³-hybridized carbons (Fsp3) is 0.0556. The lowest BCUT2D eigenvalue weighted by Crippen LogP contribution is -1.95. The number of aliphatic imine (C=N–C) groups is 1. The lowest BCUT2D eigenvalue weighted by atomic mass is 10.2. The minimum atomic E-state index is 0.742. The summed E-state index contributed by atoms with van der Waals surface area (Å²) in [4.78, 5) is 13.0. The lowest BCUT2D eigenvalue weighted by molar-refractivity contribution is 1.22. The molecule has 0 fully saturated rings. The largest absolute Gasteiger partial charge is 0.340 e. The van der Waals surface area contributed by atoms with E-state index in [1.807, 2.05) is 42.5 Å². The van der Waals surface area contributed by atoms with Crippen molar-refractivity contribution in [2.75, 3.05) is 5.32 Å². The van der Waals surface area contributed by atoms with Crippen LogP contribution >= 0.6 is 15.9 Å². The fourth-order valence-electron chi connectivity index (χ4n) is 2.10. The zero-order valence-corrected chi connectivity index (χ0v) is 14.0. The van der Waals surface area contributed by atoms with E-state index in [1.165, 1.54) is 0 Å². The van der Waals surface area contributed by atoms with Crippen LogP contribution in [0.1, 0.15) is 6.92 Å². The van der Waals surface area contributed by atoms with Crippen LogP contribution in [0.5, 0.6) is 0 Å². The van der Waals surface area contributed by atoms with Crippen molar-refractivity contribution in [3.63, 3.8) is 0 Å². The van der Waals surface area contributed by atoms with Crippen LogP contribution in [-0.2, 0) is 0 Å². The summed E-state index contributed by atoms with van der Waals surface area (Å²) in [6, 6.07) is 13.7. The molecule has 3 rings (SSSR count). The molecule has 2 aromatic carbocycles. The Hall–Kier alpha value is -2.71. The molecule has 112 valence electrons. The summed E-state index contributed by atoms with van der Waals surface area (Å²) in [6.07, 6.45) is 3.14. The molecule has 0 atom stereocenters. The summed E-state index contributed by atoms with van der Waals surface area (Å²) in [5.74, 6) is 6.34. The monoisotopic (exact) mass is 364 g/mol. The third-order valence-corrected chi connectivity index (χ3v) is 3.62. The predicted octanol–water partition coefficient (Wildman–Crippen LogP) is 4.86. The van der Waals surface area contributed by atoms with Gasteiger partial charge in [0.15, 0.2) is 0 Å². The van der Waals surface area contributed by atoms with Gasteiger partial charge < -0.3 is 5.32 Å². The van der Waals surface area contributed by atoms with Crippen molar-refractivity contribution < 1.29 is 0 Å². The first kappa shape index (κ1) is 15.2. The SMILES string of the molecule is CC#C/C=N/c1ccc2ncnc(Nc3cccc(Br)c3)c2c1. The van der Waals surface area contributed by atoms with Gasteiger partial charge in [0.05, 0.1) is 17.4 Å². The quantitative estimate of drug-likeness (QED) is 0.533. The Labute approximate surface area is 142 Å². The minimum absolute atomic E-state index is 0.742. The molecule has 4 nitrogen and oxygen atoms in total. The summed E-state index contributed by atoms with van der Waals surface area (Å²) < 4.78 is 1.00. The highest BCUT2D eigenvalue weighted by molar-refractivity contribution is 9.10. The fourth-order valence-corrected chi connectivity index (χ4v) is 2.50. The number of hydrogen-bond donors (Lipinski definition) is 1. The topological polar surface area (TPSA) is 50.2 Å². The Bertz CT molecular complexity index is 938. The van der Waals surface area contributed by atoms with Crippen molar-refractivity contribution >= 4 is 50.2 Å². The number of halogens is 1. The first-order valence-corrected chi connectivity index (χ1v) is 7.78. The number of aromatic nitrogens is 2. The van der Waals surface area contributed by atoms with Gasteiger partial charge in [-0.2, -0.15) is 0 Å². The van der Waals surface area contributed by atoms with E-state index in [0.717, 1.165) is 32.6 Å². The summed E-state index contributed by atoms with van der Waals surface area (Å²) in [5.41, 5.74) is 2.62. The predicted molar refractivity (Wildman–Crippen MR) is 98.6 cm³/mol. The molecule has 0 aliphatic rings. The zero-order valence-electron chi connectivity index (χ0n) is 12.4. The van der Waals surface area contributed by atoms with E-state index < -0.39 is 0 Å². The Morgan fingerprint density at radius 2 is 2.09 bits per heavy atom. The van der Waals surface area contributed by atoms with Crippen LogP contribution in [0.15, 0.2) is 58.3 Å². The Morgan fingerprint density at radius 3 is 2.91 bits per heavy atom. The molecule has 0 amide bonds. The van der Waals surface area contributed by atoms with Crippen LogP contribution in [0.3, 0.4) is 0 Å². The number of benzene rings is 2. The van der Waals surface area contributed by atoms with Gasteiger partial charge in [0.2, 0.25) is 0 Å². The van der Waals surface area contributed by atoms with Crippen LogP contribution < -0.4 is 5.32 Å². The van der Waals surface area contributed by atoms with Gasteiger partial charge in [-0.3, -0.25) is 0 Å². The molecule has 5 heteroatoms. The molecule has 0 aliphatic carbocycles. The summed E-state index contributed by atoms with van der Waals surface area (Å²) in [6.45, 7) is 1.78. The second kappa shape index (κ2) is 7.03. The Morgan fingerprint density at radius 1 is 1.17 bits per heavy atom. The van der Waals surface area contributed by atoms with Crippen LogP contribution in [0.4, 0.5) is 17.2 Å². The van der Waals surface area contributed by atoms with Crippen molar-refractivity contribution in [3.05, 3.63) is 53.3 Å². The summed E-state index contributed by atoms with van der Waals surface area (Å²) >= 11 is 3.47. The van der Waals surface area contributed by atoms with E-state index in [9.17, 15) is 0 Å². The highest BCUT2D eigenvalue weighted by atomic mass is 79.9. The molecular formula is C18H13BrN4. The van der Waals surface area contributed by atoms with Crippen LogP contribution in [-0.4, -0.2) is 16.2 Å². The molecule has 1 heterocycles. The first-order chi connectivity index (χ1) is 11.3. The van der Waals surface area contributed by atoms with E-state index in [1.54, 1.807) is 19.5 Å². The van der Waals surface area contributed by atoms with Gasteiger partial charge in [-0.15, -0.1) is 5.92 Å². The smallest absolute Gasteiger partial charge is 0.141 e. The van der Waals surface area contributed by atoms with Crippen molar-refractivity contribution in [1.82, 2.24) is 9.97 Å². The lowest BCUT2D eigenvalue weighted by Gasteiger charge is -2.09. The molecule has 0 aliphatic heterocycles. The standard InChI is InChI=1S/C18H13BrN4/c1-2-3-9-20-14-7-8-17-16(11-14)18(22-12-21-17)23-15-6-4-5-13(19)10-15/h4-12H,1H3,(H,21,22,23)/b20-9+. The average molecular weight is 365 g/mol. The molecular weight excluding hydrogens is 352 g/mol. The van der Waals surface area contributed by atoms with Gasteiger partial charge in [-0.05, 0) is 43.3 Å². The number of nitrogens with one attached hydrogen (secondary N) is 1. The van der Waals surface area contributed by atoms with E-state index >= 15 is 0 Å². The highest BCUT2D eigenvalue weighted by Gasteiger charge is 2.05. The Balaban J connectivity index is 2.01. The van der Waals surface area contributed by atoms with Crippen LogP contribution in [0.25, 0.3) is 10.9 Å². The van der Waals surface area contributed by atoms with Crippen molar-refractivity contribution in [2.45, 2.75) is 6.92 Å². The summed E-state index contributed by atoms with van der Waals surface area (Å²) in [5, 5.41) is 4.23. The maximum Gasteiger partial charge on any atom is 0.141 e. The molecule has 1 N–H and O–H groups in total. The van der Waals surface area contributed by atoms with Gasteiger partial charge in [-0.1, -0.05) is 27.9 Å². The molecule has 0 spiro atoms. The molecule has 0 bridgehead atoms. The number of anilines is 2. The van der Waals surface area contributed by atoms with Gasteiger partial charge >= 0.3 is 0 Å². The Kier molecular flexibility index (Phi) is 4.65. The van der Waals surface area contributed by atoms with E-state index in [-0.39, 0.29) is 0 Å². The second-order valence-corrected chi connectivity index (χ2v) is 5.63. The molecule has 0 radical (unpaired) electrons. The third-order valence-electron chi connectivity index (χ3n) is 3.13. The van der Waals surface area contributed by atoms with Crippen molar-refractivity contribution in [2.24, 2.45) is 4.99 Å². The molecule has 0 saturated carbocycles. The zero-order chi connectivity index (χ0) is 16.1. The number of rotatable bonds is 3. The van der Waals surface area contributed by atoms with Crippen molar-refractivity contribution in [3.8, 4) is 11.8 Å². The van der Waals surface area contributed by atoms with Gasteiger partial charge in [-0.25, -0.2) is 15.0 Å². The van der Waals surface area contributed by atoms with E-state index in [4.69, 9.17) is 0 Å². The highest BCUT2D eigenvalue weighted by Crippen LogP contribution is 2.27. The van der Waals surface area contributed by atoms with Crippen molar-refractivity contribution in [1.29, 1.82) is 0 Å². The van der Waals surface area contributed by atoms with E-state index in [0.29, 0.717) is 0 Å². The van der Waals surface area contributed by atoms with Gasteiger partial charge in [0, 0.05) is 15.5 Å². The van der Waals surface area contributed by atoms with Crippen LogP contribution in [0, 0.1) is 11.8 Å². The first-order valence-electron chi connectivity index (χ1n) is 6.98.